The molecule has 0 saturated carbocycles. The third kappa shape index (κ3) is 2.33. The minimum Gasteiger partial charge on any atom is -0.450 e. The monoisotopic (exact) mass is 313 g/mol. The number of benzene rings is 1. The minimum atomic E-state index is 0.664. The summed E-state index contributed by atoms with van der Waals surface area (Å²) in [6.45, 7) is 2.07. The Morgan fingerprint density at radius 1 is 1.23 bits per heavy atom. The predicted molar refractivity (Wildman–Crippen MR) is 92.7 cm³/mol. The highest BCUT2D eigenvalue weighted by molar-refractivity contribution is 7.99. The van der Waals surface area contributed by atoms with Gasteiger partial charge >= 0.3 is 0 Å². The van der Waals surface area contributed by atoms with Gasteiger partial charge in [0.15, 0.2) is 11.4 Å². The lowest BCUT2D eigenvalue weighted by molar-refractivity contribution is 0.658. The summed E-state index contributed by atoms with van der Waals surface area (Å²) in [4.78, 5) is 11.4. The van der Waals surface area contributed by atoms with Crippen molar-refractivity contribution in [3.8, 4) is 0 Å². The molecule has 1 aromatic carbocycles. The van der Waals surface area contributed by atoms with Gasteiger partial charge in [-0.3, -0.25) is 0 Å². The molecule has 1 fully saturated rings. The smallest absolute Gasteiger partial charge is 0.196 e. The molecule has 1 aliphatic heterocycles. The lowest BCUT2D eigenvalue weighted by atomic mass is 10.2. The second-order valence-electron chi connectivity index (χ2n) is 5.77. The molecule has 4 rings (SSSR count). The summed E-state index contributed by atoms with van der Waals surface area (Å²) in [7, 11) is 0. The molecule has 0 aliphatic carbocycles. The highest BCUT2D eigenvalue weighted by Crippen LogP contribution is 2.33. The van der Waals surface area contributed by atoms with E-state index in [0.717, 1.165) is 41.0 Å². The van der Waals surface area contributed by atoms with Crippen LogP contribution in [-0.2, 0) is 0 Å². The fraction of sp³-hybridized carbons (Fsp3) is 0.412. The van der Waals surface area contributed by atoms with E-state index in [1.165, 1.54) is 19.3 Å². The molecule has 1 aliphatic rings. The number of fused-ring (bicyclic) bond motifs is 3. The SMILES string of the molecule is CSC1CCCCN(c2ncnc3c2oc2ccccc23)C1. The fourth-order valence-electron chi connectivity index (χ4n) is 3.22. The zero-order chi connectivity index (χ0) is 14.9. The highest BCUT2D eigenvalue weighted by Gasteiger charge is 2.22. The molecule has 1 unspecified atom stereocenters. The lowest BCUT2D eigenvalue weighted by Crippen LogP contribution is -2.30. The van der Waals surface area contributed by atoms with Crippen molar-refractivity contribution >= 4 is 39.6 Å². The number of thioether (sulfide) groups is 1. The number of rotatable bonds is 2. The van der Waals surface area contributed by atoms with Crippen molar-refractivity contribution in [3.05, 3.63) is 30.6 Å². The molecule has 3 aromatic rings. The van der Waals surface area contributed by atoms with Gasteiger partial charge in [-0.25, -0.2) is 9.97 Å². The van der Waals surface area contributed by atoms with Crippen molar-refractivity contribution < 1.29 is 4.42 Å². The van der Waals surface area contributed by atoms with Crippen molar-refractivity contribution in [2.75, 3.05) is 24.2 Å². The Balaban J connectivity index is 1.83. The summed E-state index contributed by atoms with van der Waals surface area (Å²) in [5, 5.41) is 1.73. The molecule has 1 saturated heterocycles. The third-order valence-electron chi connectivity index (χ3n) is 4.40. The Labute approximate surface area is 133 Å². The molecular formula is C17H19N3OS. The quantitative estimate of drug-likeness (QED) is 0.712. The summed E-state index contributed by atoms with van der Waals surface area (Å²) in [6, 6.07) is 8.07. The van der Waals surface area contributed by atoms with Crippen LogP contribution < -0.4 is 4.90 Å². The van der Waals surface area contributed by atoms with Gasteiger partial charge in [0.05, 0.1) is 0 Å². The first-order valence-electron chi connectivity index (χ1n) is 7.77. The average Bonchev–Trinajstić information content (AvgIpc) is 2.77. The third-order valence-corrected chi connectivity index (χ3v) is 5.45. The molecule has 1 atom stereocenters. The molecule has 0 bridgehead atoms. The van der Waals surface area contributed by atoms with E-state index in [4.69, 9.17) is 4.42 Å². The molecule has 114 valence electrons. The largest absolute Gasteiger partial charge is 0.450 e. The van der Waals surface area contributed by atoms with E-state index in [0.29, 0.717) is 5.25 Å². The lowest BCUT2D eigenvalue weighted by Gasteiger charge is -2.24. The molecule has 5 heteroatoms. The van der Waals surface area contributed by atoms with E-state index in [9.17, 15) is 0 Å². The van der Waals surface area contributed by atoms with Crippen LogP contribution in [0.2, 0.25) is 0 Å². The van der Waals surface area contributed by atoms with Gasteiger partial charge in [0.25, 0.3) is 0 Å². The Bertz CT molecular complexity index is 801. The van der Waals surface area contributed by atoms with E-state index in [-0.39, 0.29) is 0 Å². The molecule has 0 N–H and O–H groups in total. The minimum absolute atomic E-state index is 0.664. The van der Waals surface area contributed by atoms with Gasteiger partial charge in [-0.05, 0) is 31.2 Å². The topological polar surface area (TPSA) is 42.2 Å². The molecular weight excluding hydrogens is 294 g/mol. The van der Waals surface area contributed by atoms with Crippen LogP contribution >= 0.6 is 11.8 Å². The van der Waals surface area contributed by atoms with Crippen LogP contribution in [0.4, 0.5) is 5.82 Å². The van der Waals surface area contributed by atoms with E-state index in [1.54, 1.807) is 6.33 Å². The number of hydrogen-bond acceptors (Lipinski definition) is 5. The number of aromatic nitrogens is 2. The van der Waals surface area contributed by atoms with Crippen LogP contribution in [0, 0.1) is 0 Å². The molecule has 0 amide bonds. The van der Waals surface area contributed by atoms with Crippen LogP contribution in [0.15, 0.2) is 35.0 Å². The first kappa shape index (κ1) is 13.9. The molecule has 2 aromatic heterocycles. The number of hydrogen-bond donors (Lipinski definition) is 0. The van der Waals surface area contributed by atoms with Crippen LogP contribution in [0.1, 0.15) is 19.3 Å². The van der Waals surface area contributed by atoms with Gasteiger partial charge in [0.2, 0.25) is 0 Å². The number of nitrogens with zero attached hydrogens (tertiary/aromatic N) is 3. The maximum absolute atomic E-state index is 6.07. The second-order valence-corrected chi connectivity index (χ2v) is 6.91. The Morgan fingerprint density at radius 3 is 3.05 bits per heavy atom. The summed E-state index contributed by atoms with van der Waals surface area (Å²) in [5.74, 6) is 0.946. The van der Waals surface area contributed by atoms with Crippen molar-refractivity contribution in [1.82, 2.24) is 9.97 Å². The molecule has 3 heterocycles. The number of anilines is 1. The highest BCUT2D eigenvalue weighted by atomic mass is 32.2. The van der Waals surface area contributed by atoms with Crippen molar-refractivity contribution in [1.29, 1.82) is 0 Å². The van der Waals surface area contributed by atoms with Gasteiger partial charge in [0, 0.05) is 23.7 Å². The zero-order valence-corrected chi connectivity index (χ0v) is 13.5. The van der Waals surface area contributed by atoms with Gasteiger partial charge in [-0.2, -0.15) is 11.8 Å². The predicted octanol–water partition coefficient (Wildman–Crippen LogP) is 4.10. The van der Waals surface area contributed by atoms with Crippen LogP contribution in [0.25, 0.3) is 22.1 Å². The number of para-hydroxylation sites is 1. The van der Waals surface area contributed by atoms with E-state index in [2.05, 4.69) is 27.2 Å². The normalized spacial score (nSPS) is 19.7. The number of furan rings is 1. The van der Waals surface area contributed by atoms with Gasteiger partial charge < -0.3 is 9.32 Å². The Morgan fingerprint density at radius 2 is 2.14 bits per heavy atom. The first-order valence-corrected chi connectivity index (χ1v) is 9.05. The average molecular weight is 313 g/mol. The Hall–Kier alpha value is -1.75. The molecule has 0 radical (unpaired) electrons. The summed E-state index contributed by atoms with van der Waals surface area (Å²) < 4.78 is 6.07. The fourth-order valence-corrected chi connectivity index (χ4v) is 3.96. The van der Waals surface area contributed by atoms with Crippen LogP contribution in [-0.4, -0.2) is 34.6 Å². The summed E-state index contributed by atoms with van der Waals surface area (Å²) >= 11 is 1.95. The van der Waals surface area contributed by atoms with Gasteiger partial charge in [-0.15, -0.1) is 0 Å². The maximum Gasteiger partial charge on any atom is 0.196 e. The first-order chi connectivity index (χ1) is 10.9. The summed E-state index contributed by atoms with van der Waals surface area (Å²) in [5.41, 5.74) is 2.63. The van der Waals surface area contributed by atoms with Crippen molar-refractivity contribution in [3.63, 3.8) is 0 Å². The Kier molecular flexibility index (Phi) is 3.66. The zero-order valence-electron chi connectivity index (χ0n) is 12.7. The summed E-state index contributed by atoms with van der Waals surface area (Å²) in [6.07, 6.45) is 7.65. The van der Waals surface area contributed by atoms with E-state index < -0.39 is 0 Å². The van der Waals surface area contributed by atoms with Crippen molar-refractivity contribution in [2.24, 2.45) is 0 Å². The standard InChI is InChI=1S/C17H19N3OS/c1-22-12-6-4-5-9-20(10-12)17-16-15(18-11-19-17)13-7-2-3-8-14(13)21-16/h2-3,7-8,11-12H,4-6,9-10H2,1H3. The van der Waals surface area contributed by atoms with Crippen molar-refractivity contribution in [2.45, 2.75) is 24.5 Å². The molecule has 4 nitrogen and oxygen atoms in total. The maximum atomic E-state index is 6.07. The molecule has 22 heavy (non-hydrogen) atoms. The van der Waals surface area contributed by atoms with E-state index >= 15 is 0 Å². The van der Waals surface area contributed by atoms with Crippen LogP contribution in [0.3, 0.4) is 0 Å². The van der Waals surface area contributed by atoms with E-state index in [1.807, 2.05) is 30.0 Å². The van der Waals surface area contributed by atoms with Gasteiger partial charge in [0.1, 0.15) is 17.4 Å². The van der Waals surface area contributed by atoms with Gasteiger partial charge in [-0.1, -0.05) is 18.6 Å². The van der Waals surface area contributed by atoms with Crippen LogP contribution in [0.5, 0.6) is 0 Å². The molecule has 0 spiro atoms. The second kappa shape index (κ2) is 5.80.